The Kier molecular flexibility index (Phi) is 3.64. The highest BCUT2D eigenvalue weighted by Crippen LogP contribution is 2.39. The molecule has 0 spiro atoms. The molecule has 0 bridgehead atoms. The lowest BCUT2D eigenvalue weighted by Crippen LogP contribution is -1.91. The largest absolute Gasteiger partial charge is 0.157 e. The van der Waals surface area contributed by atoms with Gasteiger partial charge in [-0.3, -0.25) is 0 Å². The van der Waals surface area contributed by atoms with Crippen molar-refractivity contribution in [2.24, 2.45) is 0 Å². The number of nitrogens with zero attached hydrogens (tertiary/aromatic N) is 2. The van der Waals surface area contributed by atoms with Crippen LogP contribution >= 0.6 is 22.7 Å². The predicted molar refractivity (Wildman–Crippen MR) is 76.1 cm³/mol. The quantitative estimate of drug-likeness (QED) is 0.795. The van der Waals surface area contributed by atoms with E-state index in [-0.39, 0.29) is 0 Å². The first-order valence-corrected chi connectivity index (χ1v) is 7.56. The van der Waals surface area contributed by atoms with Crippen LogP contribution in [0.15, 0.2) is 6.07 Å². The molecule has 0 aliphatic carbocycles. The first-order valence-electron chi connectivity index (χ1n) is 5.93. The van der Waals surface area contributed by atoms with Gasteiger partial charge in [-0.05, 0) is 30.4 Å². The van der Waals surface area contributed by atoms with Gasteiger partial charge in [0, 0.05) is 4.88 Å². The van der Waals surface area contributed by atoms with E-state index in [1.54, 1.807) is 11.3 Å². The Balaban J connectivity index is 2.47. The lowest BCUT2D eigenvalue weighted by atomic mass is 9.99. The summed E-state index contributed by atoms with van der Waals surface area (Å²) in [5, 5.41) is 10.4. The molecule has 2 aromatic heterocycles. The molecule has 0 radical (unpaired) electrons. The fourth-order valence-electron chi connectivity index (χ4n) is 1.82. The van der Waals surface area contributed by atoms with E-state index in [1.807, 2.05) is 18.3 Å². The van der Waals surface area contributed by atoms with Gasteiger partial charge in [0.05, 0.1) is 4.88 Å². The number of rotatable bonds is 3. The van der Waals surface area contributed by atoms with E-state index in [0.29, 0.717) is 11.8 Å². The van der Waals surface area contributed by atoms with Gasteiger partial charge in [-0.1, -0.05) is 39.0 Å². The lowest BCUT2D eigenvalue weighted by Gasteiger charge is -2.08. The summed E-state index contributed by atoms with van der Waals surface area (Å²) in [7, 11) is 0. The molecule has 2 nitrogen and oxygen atoms in total. The van der Waals surface area contributed by atoms with E-state index >= 15 is 0 Å². The molecule has 2 rings (SSSR count). The van der Waals surface area contributed by atoms with Crippen LogP contribution in [0.5, 0.6) is 0 Å². The van der Waals surface area contributed by atoms with Crippen molar-refractivity contribution in [3.63, 3.8) is 0 Å². The van der Waals surface area contributed by atoms with Crippen LogP contribution in [0.4, 0.5) is 0 Å². The molecule has 92 valence electrons. The van der Waals surface area contributed by atoms with Crippen LogP contribution in [0.25, 0.3) is 9.88 Å². The minimum Gasteiger partial charge on any atom is -0.143 e. The van der Waals surface area contributed by atoms with E-state index in [9.17, 15) is 0 Å². The standard InChI is InChI=1S/C13H18N2S2/c1-7(2)10-6-11(17-12(10)8(3)4)13-15-14-9(5)16-13/h6-8H,1-5H3. The van der Waals surface area contributed by atoms with Crippen molar-refractivity contribution < 1.29 is 0 Å². The minimum atomic E-state index is 0.575. The first kappa shape index (κ1) is 12.7. The Labute approximate surface area is 111 Å². The molecule has 0 saturated heterocycles. The summed E-state index contributed by atoms with van der Waals surface area (Å²) in [6.07, 6.45) is 0. The van der Waals surface area contributed by atoms with Crippen molar-refractivity contribution in [1.82, 2.24) is 10.2 Å². The summed E-state index contributed by atoms with van der Waals surface area (Å²) in [6, 6.07) is 2.30. The topological polar surface area (TPSA) is 25.8 Å². The third-order valence-corrected chi connectivity index (χ3v) is 5.13. The van der Waals surface area contributed by atoms with Crippen LogP contribution in [0.3, 0.4) is 0 Å². The Morgan fingerprint density at radius 3 is 2.12 bits per heavy atom. The molecule has 17 heavy (non-hydrogen) atoms. The van der Waals surface area contributed by atoms with Gasteiger partial charge in [0.15, 0.2) is 5.01 Å². The molecular formula is C13H18N2S2. The van der Waals surface area contributed by atoms with Crippen molar-refractivity contribution >= 4 is 22.7 Å². The fraction of sp³-hybridized carbons (Fsp3) is 0.538. The Morgan fingerprint density at radius 1 is 1.00 bits per heavy atom. The molecular weight excluding hydrogens is 248 g/mol. The van der Waals surface area contributed by atoms with Gasteiger partial charge >= 0.3 is 0 Å². The second kappa shape index (κ2) is 4.86. The van der Waals surface area contributed by atoms with E-state index < -0.39 is 0 Å². The summed E-state index contributed by atoms with van der Waals surface area (Å²) in [6.45, 7) is 11.0. The normalized spacial score (nSPS) is 11.7. The number of aryl methyl sites for hydroxylation is 1. The fourth-order valence-corrected chi connectivity index (χ4v) is 3.87. The average molecular weight is 266 g/mol. The molecule has 0 atom stereocenters. The van der Waals surface area contributed by atoms with Gasteiger partial charge < -0.3 is 0 Å². The van der Waals surface area contributed by atoms with Crippen LogP contribution in [-0.4, -0.2) is 10.2 Å². The van der Waals surface area contributed by atoms with Crippen molar-refractivity contribution in [1.29, 1.82) is 0 Å². The lowest BCUT2D eigenvalue weighted by molar-refractivity contribution is 0.810. The van der Waals surface area contributed by atoms with Crippen LogP contribution in [-0.2, 0) is 0 Å². The van der Waals surface area contributed by atoms with E-state index in [0.717, 1.165) is 10.0 Å². The van der Waals surface area contributed by atoms with E-state index in [2.05, 4.69) is 44.0 Å². The maximum absolute atomic E-state index is 4.24. The third-order valence-electron chi connectivity index (χ3n) is 2.67. The van der Waals surface area contributed by atoms with Gasteiger partial charge in [0.25, 0.3) is 0 Å². The predicted octanol–water partition coefficient (Wildman–Crippen LogP) is 4.82. The van der Waals surface area contributed by atoms with Crippen LogP contribution in [0.1, 0.15) is 55.0 Å². The van der Waals surface area contributed by atoms with Crippen molar-refractivity contribution in [3.8, 4) is 9.88 Å². The Bertz CT molecular complexity index is 484. The van der Waals surface area contributed by atoms with Crippen molar-refractivity contribution in [2.45, 2.75) is 46.5 Å². The third kappa shape index (κ3) is 2.58. The monoisotopic (exact) mass is 266 g/mol. The minimum absolute atomic E-state index is 0.575. The van der Waals surface area contributed by atoms with Gasteiger partial charge in [-0.15, -0.1) is 21.5 Å². The first-order chi connectivity index (χ1) is 7.99. The number of aromatic nitrogens is 2. The summed E-state index contributed by atoms with van der Waals surface area (Å²) in [4.78, 5) is 2.76. The Morgan fingerprint density at radius 2 is 1.71 bits per heavy atom. The molecule has 0 unspecified atom stereocenters. The molecule has 0 saturated carbocycles. The molecule has 0 aromatic carbocycles. The maximum Gasteiger partial charge on any atom is 0.157 e. The zero-order chi connectivity index (χ0) is 12.6. The molecule has 0 fully saturated rings. The molecule has 2 heterocycles. The van der Waals surface area contributed by atoms with Crippen molar-refractivity contribution in [2.75, 3.05) is 0 Å². The highest BCUT2D eigenvalue weighted by atomic mass is 32.1. The molecule has 0 aliphatic heterocycles. The van der Waals surface area contributed by atoms with Gasteiger partial charge in [0.2, 0.25) is 0 Å². The molecule has 0 N–H and O–H groups in total. The number of hydrogen-bond acceptors (Lipinski definition) is 4. The van der Waals surface area contributed by atoms with Crippen LogP contribution < -0.4 is 0 Å². The summed E-state index contributed by atoms with van der Waals surface area (Å²) >= 11 is 3.54. The Hall–Kier alpha value is -0.740. The number of thiophene rings is 1. The van der Waals surface area contributed by atoms with E-state index in [1.165, 1.54) is 15.3 Å². The maximum atomic E-state index is 4.24. The van der Waals surface area contributed by atoms with Crippen LogP contribution in [0, 0.1) is 6.92 Å². The summed E-state index contributed by atoms with van der Waals surface area (Å²) in [5.74, 6) is 1.16. The second-order valence-electron chi connectivity index (χ2n) is 4.87. The van der Waals surface area contributed by atoms with Gasteiger partial charge in [-0.25, -0.2) is 0 Å². The highest BCUT2D eigenvalue weighted by Gasteiger charge is 2.17. The summed E-state index contributed by atoms with van der Waals surface area (Å²) < 4.78 is 0. The molecule has 0 aliphatic rings. The SMILES string of the molecule is Cc1nnc(-c2cc(C(C)C)c(C(C)C)s2)s1. The summed E-state index contributed by atoms with van der Waals surface area (Å²) in [5.41, 5.74) is 1.47. The zero-order valence-corrected chi connectivity index (χ0v) is 12.6. The smallest absolute Gasteiger partial charge is 0.143 e. The highest BCUT2D eigenvalue weighted by molar-refractivity contribution is 7.21. The van der Waals surface area contributed by atoms with Crippen LogP contribution in [0.2, 0.25) is 0 Å². The average Bonchev–Trinajstić information content (AvgIpc) is 2.82. The van der Waals surface area contributed by atoms with Crippen molar-refractivity contribution in [3.05, 3.63) is 21.5 Å². The molecule has 4 heteroatoms. The second-order valence-corrected chi connectivity index (χ2v) is 7.13. The van der Waals surface area contributed by atoms with Gasteiger partial charge in [0.1, 0.15) is 5.01 Å². The zero-order valence-electron chi connectivity index (χ0n) is 10.9. The molecule has 0 amide bonds. The van der Waals surface area contributed by atoms with E-state index in [4.69, 9.17) is 0 Å². The molecule has 2 aromatic rings. The number of hydrogen-bond donors (Lipinski definition) is 0. The van der Waals surface area contributed by atoms with Gasteiger partial charge in [-0.2, -0.15) is 0 Å².